The molecule has 1 aromatic heterocycles. The number of nitro groups is 1. The maximum absolute atomic E-state index is 11.9. The van der Waals surface area contributed by atoms with Gasteiger partial charge in [0, 0.05) is 17.3 Å². The topological polar surface area (TPSA) is 118 Å². The van der Waals surface area contributed by atoms with E-state index in [9.17, 15) is 18.5 Å². The van der Waals surface area contributed by atoms with Crippen molar-refractivity contribution in [1.82, 2.24) is 9.97 Å². The SMILES string of the molecule is Cc1cc(NS(=O)(=O)c2cnc[nH]2)ccc1[N+](=O)[O-]. The Hall–Kier alpha value is -2.42. The first kappa shape index (κ1) is 13.0. The third-order valence-corrected chi connectivity index (χ3v) is 3.72. The fraction of sp³-hybridized carbons (Fsp3) is 0.100. The number of benzene rings is 1. The van der Waals surface area contributed by atoms with E-state index in [-0.39, 0.29) is 16.4 Å². The van der Waals surface area contributed by atoms with Gasteiger partial charge in [0.1, 0.15) is 0 Å². The van der Waals surface area contributed by atoms with E-state index in [0.29, 0.717) is 5.56 Å². The van der Waals surface area contributed by atoms with Crippen LogP contribution in [0.5, 0.6) is 0 Å². The van der Waals surface area contributed by atoms with Gasteiger partial charge < -0.3 is 4.98 Å². The van der Waals surface area contributed by atoms with Gasteiger partial charge in [-0.05, 0) is 19.1 Å². The molecule has 0 aliphatic carbocycles. The minimum atomic E-state index is -3.76. The second-order valence-corrected chi connectivity index (χ2v) is 5.43. The number of H-pyrrole nitrogens is 1. The Labute approximate surface area is 108 Å². The molecule has 1 aromatic carbocycles. The summed E-state index contributed by atoms with van der Waals surface area (Å²) >= 11 is 0. The van der Waals surface area contributed by atoms with Crippen LogP contribution in [0.4, 0.5) is 11.4 Å². The van der Waals surface area contributed by atoms with Crippen LogP contribution < -0.4 is 4.72 Å². The summed E-state index contributed by atoms with van der Waals surface area (Å²) in [5.41, 5.74) is 0.553. The van der Waals surface area contributed by atoms with E-state index in [4.69, 9.17) is 0 Å². The zero-order valence-electron chi connectivity index (χ0n) is 9.82. The van der Waals surface area contributed by atoms with Gasteiger partial charge in [-0.2, -0.15) is 8.42 Å². The van der Waals surface area contributed by atoms with E-state index < -0.39 is 14.9 Å². The van der Waals surface area contributed by atoms with Crippen LogP contribution >= 0.6 is 0 Å². The molecule has 2 aromatic rings. The molecule has 0 saturated heterocycles. The summed E-state index contributed by atoms with van der Waals surface area (Å²) in [7, 11) is -3.76. The van der Waals surface area contributed by atoms with E-state index in [2.05, 4.69) is 14.7 Å². The van der Waals surface area contributed by atoms with Crippen molar-refractivity contribution in [2.45, 2.75) is 11.9 Å². The highest BCUT2D eigenvalue weighted by Gasteiger charge is 2.17. The van der Waals surface area contributed by atoms with Gasteiger partial charge in [-0.1, -0.05) is 0 Å². The van der Waals surface area contributed by atoms with Crippen LogP contribution in [0.25, 0.3) is 0 Å². The Morgan fingerprint density at radius 2 is 2.16 bits per heavy atom. The van der Waals surface area contributed by atoms with Gasteiger partial charge in [-0.15, -0.1) is 0 Å². The lowest BCUT2D eigenvalue weighted by molar-refractivity contribution is -0.385. The van der Waals surface area contributed by atoms with Crippen LogP contribution in [0.1, 0.15) is 5.56 Å². The first-order chi connectivity index (χ1) is 8.90. The monoisotopic (exact) mass is 282 g/mol. The molecule has 19 heavy (non-hydrogen) atoms. The van der Waals surface area contributed by atoms with Gasteiger partial charge >= 0.3 is 0 Å². The molecule has 0 amide bonds. The van der Waals surface area contributed by atoms with Gasteiger partial charge in [-0.25, -0.2) is 4.98 Å². The maximum Gasteiger partial charge on any atom is 0.278 e. The molecule has 0 radical (unpaired) electrons. The molecule has 100 valence electrons. The van der Waals surface area contributed by atoms with Crippen LogP contribution in [0.3, 0.4) is 0 Å². The van der Waals surface area contributed by atoms with E-state index >= 15 is 0 Å². The number of anilines is 1. The van der Waals surface area contributed by atoms with Crippen LogP contribution in [0.2, 0.25) is 0 Å². The summed E-state index contributed by atoms with van der Waals surface area (Å²) in [4.78, 5) is 16.2. The third kappa shape index (κ3) is 2.71. The molecule has 0 fully saturated rings. The average Bonchev–Trinajstić information content (AvgIpc) is 2.81. The second kappa shape index (κ2) is 4.69. The van der Waals surface area contributed by atoms with Gasteiger partial charge in [0.25, 0.3) is 15.7 Å². The zero-order chi connectivity index (χ0) is 14.0. The molecule has 8 nitrogen and oxygen atoms in total. The highest BCUT2D eigenvalue weighted by atomic mass is 32.2. The molecule has 0 saturated carbocycles. The highest BCUT2D eigenvalue weighted by molar-refractivity contribution is 7.92. The quantitative estimate of drug-likeness (QED) is 0.649. The molecular formula is C10H10N4O4S. The summed E-state index contributed by atoms with van der Waals surface area (Å²) in [6.45, 7) is 1.53. The van der Waals surface area contributed by atoms with Crippen molar-refractivity contribution in [3.8, 4) is 0 Å². The molecule has 1 heterocycles. The lowest BCUT2D eigenvalue weighted by atomic mass is 10.2. The predicted octanol–water partition coefficient (Wildman–Crippen LogP) is 1.43. The molecular weight excluding hydrogens is 272 g/mol. The van der Waals surface area contributed by atoms with E-state index in [1.54, 1.807) is 0 Å². The van der Waals surface area contributed by atoms with E-state index in [1.165, 1.54) is 37.6 Å². The molecule has 0 bridgehead atoms. The Morgan fingerprint density at radius 1 is 1.42 bits per heavy atom. The van der Waals surface area contributed by atoms with Crippen LogP contribution in [-0.4, -0.2) is 23.3 Å². The van der Waals surface area contributed by atoms with Crippen molar-refractivity contribution in [3.63, 3.8) is 0 Å². The lowest BCUT2D eigenvalue weighted by Crippen LogP contribution is -2.13. The van der Waals surface area contributed by atoms with E-state index in [1.807, 2.05) is 0 Å². The Kier molecular flexibility index (Phi) is 3.21. The standard InChI is InChI=1S/C10H10N4O4S/c1-7-4-8(2-3-9(7)14(15)16)13-19(17,18)10-5-11-6-12-10/h2-6,13H,1H3,(H,11,12). The summed E-state index contributed by atoms with van der Waals surface area (Å²) < 4.78 is 26.1. The summed E-state index contributed by atoms with van der Waals surface area (Å²) in [6.07, 6.45) is 2.41. The van der Waals surface area contributed by atoms with Crippen LogP contribution in [-0.2, 0) is 10.0 Å². The first-order valence-corrected chi connectivity index (χ1v) is 6.65. The van der Waals surface area contributed by atoms with Gasteiger partial charge in [-0.3, -0.25) is 14.8 Å². The predicted molar refractivity (Wildman–Crippen MR) is 67.2 cm³/mol. The molecule has 0 unspecified atom stereocenters. The number of hydrogen-bond donors (Lipinski definition) is 2. The first-order valence-electron chi connectivity index (χ1n) is 5.16. The minimum Gasteiger partial charge on any atom is -0.334 e. The van der Waals surface area contributed by atoms with Crippen molar-refractivity contribution in [1.29, 1.82) is 0 Å². The van der Waals surface area contributed by atoms with Gasteiger partial charge in [0.05, 0.1) is 17.4 Å². The molecule has 0 spiro atoms. The van der Waals surface area contributed by atoms with Crippen LogP contribution in [0, 0.1) is 17.0 Å². The number of hydrogen-bond acceptors (Lipinski definition) is 5. The fourth-order valence-corrected chi connectivity index (χ4v) is 2.48. The number of nitrogens with zero attached hydrogens (tertiary/aromatic N) is 2. The number of aromatic nitrogens is 2. The summed E-state index contributed by atoms with van der Waals surface area (Å²) in [5.74, 6) is 0. The third-order valence-electron chi connectivity index (χ3n) is 2.41. The largest absolute Gasteiger partial charge is 0.334 e. The lowest BCUT2D eigenvalue weighted by Gasteiger charge is -2.07. The minimum absolute atomic E-state index is 0.0653. The zero-order valence-corrected chi connectivity index (χ0v) is 10.6. The number of nitrogens with one attached hydrogen (secondary N) is 2. The molecule has 2 rings (SSSR count). The summed E-state index contributed by atoms with van der Waals surface area (Å²) in [6, 6.07) is 3.98. The molecule has 0 aliphatic rings. The molecule has 9 heteroatoms. The maximum atomic E-state index is 11.9. The number of imidazole rings is 1. The van der Waals surface area contributed by atoms with Crippen LogP contribution in [0.15, 0.2) is 35.7 Å². The number of aromatic amines is 1. The van der Waals surface area contributed by atoms with Gasteiger partial charge in [0.15, 0.2) is 5.03 Å². The van der Waals surface area contributed by atoms with Gasteiger partial charge in [0.2, 0.25) is 0 Å². The molecule has 0 aliphatic heterocycles. The fourth-order valence-electron chi connectivity index (χ4n) is 1.52. The second-order valence-electron chi connectivity index (χ2n) is 3.78. The van der Waals surface area contributed by atoms with Crippen molar-refractivity contribution in [2.75, 3.05) is 4.72 Å². The van der Waals surface area contributed by atoms with Crippen molar-refractivity contribution in [2.24, 2.45) is 0 Å². The number of nitro benzene ring substituents is 1. The molecule has 0 atom stereocenters. The Morgan fingerprint density at radius 3 is 2.68 bits per heavy atom. The average molecular weight is 282 g/mol. The summed E-state index contributed by atoms with van der Waals surface area (Å²) in [5, 5.41) is 10.6. The smallest absolute Gasteiger partial charge is 0.278 e. The highest BCUT2D eigenvalue weighted by Crippen LogP contribution is 2.23. The number of rotatable bonds is 4. The number of aryl methyl sites for hydroxylation is 1. The number of sulfonamides is 1. The Bertz CT molecular complexity index is 709. The van der Waals surface area contributed by atoms with Crippen molar-refractivity contribution < 1.29 is 13.3 Å². The Balaban J connectivity index is 2.30. The van der Waals surface area contributed by atoms with Crippen molar-refractivity contribution >= 4 is 21.4 Å². The normalized spacial score (nSPS) is 11.2. The van der Waals surface area contributed by atoms with E-state index in [0.717, 1.165) is 0 Å². The van der Waals surface area contributed by atoms with Crippen molar-refractivity contribution in [3.05, 3.63) is 46.4 Å². The molecule has 2 N–H and O–H groups in total.